The summed E-state index contributed by atoms with van der Waals surface area (Å²) < 4.78 is 2.08. The van der Waals surface area contributed by atoms with Crippen molar-refractivity contribution in [1.82, 2.24) is 19.7 Å². The first kappa shape index (κ1) is 20.1. The molecule has 3 aromatic rings. The average molecular weight is 396 g/mol. The number of benzene rings is 1. The number of pyridine rings is 1. The van der Waals surface area contributed by atoms with E-state index in [1.54, 1.807) is 12.4 Å². The third kappa shape index (κ3) is 4.59. The smallest absolute Gasteiger partial charge is 0.237 e. The van der Waals surface area contributed by atoms with Gasteiger partial charge in [-0.15, -0.1) is 10.2 Å². The first-order valence-corrected chi connectivity index (χ1v) is 10.4. The Bertz CT molecular complexity index is 896. The zero-order chi connectivity index (χ0) is 19.9. The summed E-state index contributed by atoms with van der Waals surface area (Å²) in [6, 6.07) is 13.7. The van der Waals surface area contributed by atoms with Crippen molar-refractivity contribution in [3.8, 4) is 11.4 Å². The van der Waals surface area contributed by atoms with Crippen LogP contribution in [-0.2, 0) is 11.3 Å². The van der Waals surface area contributed by atoms with E-state index >= 15 is 0 Å². The third-order valence-electron chi connectivity index (χ3n) is 4.25. The molecular formula is C21H25N5OS. The summed E-state index contributed by atoms with van der Waals surface area (Å²) in [5, 5.41) is 9.47. The number of carbonyl (C=O) groups excluding carboxylic acids is 1. The fraction of sp³-hybridized carbons (Fsp3) is 0.333. The summed E-state index contributed by atoms with van der Waals surface area (Å²) in [7, 11) is 0. The molecule has 0 bridgehead atoms. The maximum absolute atomic E-state index is 12.9. The summed E-state index contributed by atoms with van der Waals surface area (Å²) >= 11 is 1.43. The Morgan fingerprint density at radius 1 is 1.11 bits per heavy atom. The van der Waals surface area contributed by atoms with Gasteiger partial charge in [-0.3, -0.25) is 9.78 Å². The number of hydrogen-bond acceptors (Lipinski definition) is 5. The standard InChI is InChI=1S/C21H25N5OS/c1-4-14-25-20(17-10-12-22-13-11-17)23-24-21(25)28-15-19(27)26(16(2)3)18-8-6-5-7-9-18/h5-13,16H,4,14-15H2,1-3H3. The Morgan fingerprint density at radius 2 is 1.82 bits per heavy atom. The summed E-state index contributed by atoms with van der Waals surface area (Å²) in [5.41, 5.74) is 1.89. The van der Waals surface area contributed by atoms with Crippen LogP contribution in [0.1, 0.15) is 27.2 Å². The molecule has 0 saturated heterocycles. The normalized spacial score (nSPS) is 11.0. The maximum atomic E-state index is 12.9. The van der Waals surface area contributed by atoms with Crippen LogP contribution in [-0.4, -0.2) is 37.5 Å². The number of amides is 1. The molecule has 0 spiro atoms. The summed E-state index contributed by atoms with van der Waals surface area (Å²) in [6.45, 7) is 6.97. The van der Waals surface area contributed by atoms with E-state index in [0.717, 1.165) is 35.2 Å². The number of carbonyl (C=O) groups is 1. The predicted octanol–water partition coefficient (Wildman–Crippen LogP) is 4.28. The lowest BCUT2D eigenvalue weighted by Gasteiger charge is -2.26. The minimum atomic E-state index is 0.0581. The third-order valence-corrected chi connectivity index (χ3v) is 5.20. The monoisotopic (exact) mass is 395 g/mol. The van der Waals surface area contributed by atoms with Crippen molar-refractivity contribution in [1.29, 1.82) is 0 Å². The van der Waals surface area contributed by atoms with E-state index in [-0.39, 0.29) is 11.9 Å². The Morgan fingerprint density at radius 3 is 2.46 bits per heavy atom. The van der Waals surface area contributed by atoms with Crippen LogP contribution in [0.3, 0.4) is 0 Å². The second kappa shape index (κ2) is 9.50. The molecule has 0 N–H and O–H groups in total. The second-order valence-electron chi connectivity index (χ2n) is 6.68. The summed E-state index contributed by atoms with van der Waals surface area (Å²) in [4.78, 5) is 18.8. The van der Waals surface area contributed by atoms with Crippen LogP contribution in [0, 0.1) is 0 Å². The van der Waals surface area contributed by atoms with Crippen LogP contribution >= 0.6 is 11.8 Å². The number of thioether (sulfide) groups is 1. The van der Waals surface area contributed by atoms with Crippen molar-refractivity contribution in [3.05, 3.63) is 54.9 Å². The van der Waals surface area contributed by atoms with E-state index in [1.807, 2.05) is 61.2 Å². The Labute approximate surface area is 170 Å². The molecule has 6 nitrogen and oxygen atoms in total. The zero-order valence-electron chi connectivity index (χ0n) is 16.4. The fourth-order valence-electron chi connectivity index (χ4n) is 3.05. The number of nitrogens with zero attached hydrogens (tertiary/aromatic N) is 5. The van der Waals surface area contributed by atoms with Crippen molar-refractivity contribution in [2.75, 3.05) is 10.7 Å². The molecule has 0 saturated carbocycles. The van der Waals surface area contributed by atoms with Crippen molar-refractivity contribution in [3.63, 3.8) is 0 Å². The maximum Gasteiger partial charge on any atom is 0.237 e. The van der Waals surface area contributed by atoms with Crippen molar-refractivity contribution < 1.29 is 4.79 Å². The fourth-order valence-corrected chi connectivity index (χ4v) is 3.87. The van der Waals surface area contributed by atoms with E-state index in [1.165, 1.54) is 11.8 Å². The predicted molar refractivity (Wildman–Crippen MR) is 113 cm³/mol. The number of hydrogen-bond donors (Lipinski definition) is 0. The molecule has 0 radical (unpaired) electrons. The van der Waals surface area contributed by atoms with E-state index in [0.29, 0.717) is 5.75 Å². The van der Waals surface area contributed by atoms with Crippen LogP contribution < -0.4 is 4.90 Å². The number of para-hydroxylation sites is 1. The molecule has 28 heavy (non-hydrogen) atoms. The molecule has 0 aliphatic carbocycles. The Balaban J connectivity index is 1.78. The highest BCUT2D eigenvalue weighted by atomic mass is 32.2. The van der Waals surface area contributed by atoms with Crippen molar-refractivity contribution >= 4 is 23.4 Å². The SMILES string of the molecule is CCCn1c(SCC(=O)N(c2ccccc2)C(C)C)nnc1-c1ccncc1. The lowest BCUT2D eigenvalue weighted by atomic mass is 10.2. The van der Waals surface area contributed by atoms with E-state index < -0.39 is 0 Å². The van der Waals surface area contributed by atoms with E-state index in [4.69, 9.17) is 0 Å². The molecule has 3 rings (SSSR count). The molecule has 0 atom stereocenters. The second-order valence-corrected chi connectivity index (χ2v) is 7.62. The Hall–Kier alpha value is -2.67. The van der Waals surface area contributed by atoms with Gasteiger partial charge in [-0.25, -0.2) is 0 Å². The number of anilines is 1. The highest BCUT2D eigenvalue weighted by Gasteiger charge is 2.21. The molecule has 7 heteroatoms. The number of aromatic nitrogens is 4. The first-order valence-electron chi connectivity index (χ1n) is 9.45. The average Bonchev–Trinajstić information content (AvgIpc) is 3.11. The van der Waals surface area contributed by atoms with Crippen LogP contribution in [0.15, 0.2) is 60.0 Å². The van der Waals surface area contributed by atoms with Crippen molar-refractivity contribution in [2.24, 2.45) is 0 Å². The molecule has 0 aliphatic rings. The van der Waals surface area contributed by atoms with Gasteiger partial charge in [0.05, 0.1) is 5.75 Å². The van der Waals surface area contributed by atoms with Crippen molar-refractivity contribution in [2.45, 2.75) is 44.9 Å². The molecule has 2 heterocycles. The molecule has 1 amide bonds. The lowest BCUT2D eigenvalue weighted by Crippen LogP contribution is -2.38. The highest BCUT2D eigenvalue weighted by molar-refractivity contribution is 7.99. The largest absolute Gasteiger partial charge is 0.309 e. The van der Waals surface area contributed by atoms with Crippen LogP contribution in [0.5, 0.6) is 0 Å². The summed E-state index contributed by atoms with van der Waals surface area (Å²) in [5.74, 6) is 1.18. The van der Waals surface area contributed by atoms with Crippen LogP contribution in [0.4, 0.5) is 5.69 Å². The van der Waals surface area contributed by atoms with Crippen LogP contribution in [0.2, 0.25) is 0 Å². The van der Waals surface area contributed by atoms with E-state index in [9.17, 15) is 4.79 Å². The Kier molecular flexibility index (Phi) is 6.81. The zero-order valence-corrected chi connectivity index (χ0v) is 17.3. The van der Waals surface area contributed by atoms with Gasteiger partial charge in [0, 0.05) is 36.2 Å². The number of rotatable bonds is 8. The van der Waals surface area contributed by atoms with Gasteiger partial charge in [0.25, 0.3) is 0 Å². The summed E-state index contributed by atoms with van der Waals surface area (Å²) in [6.07, 6.45) is 4.45. The van der Waals surface area contributed by atoms with Crippen LogP contribution in [0.25, 0.3) is 11.4 Å². The molecule has 146 valence electrons. The van der Waals surface area contributed by atoms with Gasteiger partial charge < -0.3 is 9.47 Å². The molecular weight excluding hydrogens is 370 g/mol. The van der Waals surface area contributed by atoms with Gasteiger partial charge in [0.2, 0.25) is 5.91 Å². The van der Waals surface area contributed by atoms with Gasteiger partial charge >= 0.3 is 0 Å². The molecule has 0 unspecified atom stereocenters. The molecule has 2 aromatic heterocycles. The minimum Gasteiger partial charge on any atom is -0.309 e. The van der Waals surface area contributed by atoms with E-state index in [2.05, 4.69) is 26.7 Å². The molecule has 0 aliphatic heterocycles. The minimum absolute atomic E-state index is 0.0581. The van der Waals surface area contributed by atoms with Gasteiger partial charge in [0.1, 0.15) is 0 Å². The van der Waals surface area contributed by atoms with Gasteiger partial charge in [0.15, 0.2) is 11.0 Å². The molecule has 1 aromatic carbocycles. The van der Waals surface area contributed by atoms with Gasteiger partial charge in [-0.1, -0.05) is 36.9 Å². The van der Waals surface area contributed by atoms with Gasteiger partial charge in [-0.2, -0.15) is 0 Å². The quantitative estimate of drug-likeness (QED) is 0.533. The lowest BCUT2D eigenvalue weighted by molar-refractivity contribution is -0.116. The topological polar surface area (TPSA) is 63.9 Å². The van der Waals surface area contributed by atoms with Gasteiger partial charge in [-0.05, 0) is 44.5 Å². The highest BCUT2D eigenvalue weighted by Crippen LogP contribution is 2.25. The first-order chi connectivity index (χ1) is 13.6. The molecule has 0 fully saturated rings.